The molecule has 0 bridgehead atoms. The van der Waals surface area contributed by atoms with E-state index < -0.39 is 7.82 Å². The van der Waals surface area contributed by atoms with Gasteiger partial charge in [0.15, 0.2) is 5.78 Å². The third kappa shape index (κ3) is 15.7. The van der Waals surface area contributed by atoms with Gasteiger partial charge in [-0.25, -0.2) is 4.57 Å². The number of carbonyl (C=O) groups excluding carboxylic acids is 1. The molecule has 0 heterocycles. The van der Waals surface area contributed by atoms with Crippen LogP contribution in [0, 0.1) is 0 Å². The smallest absolute Gasteiger partial charge is 0.303 e. The number of unbranched alkanes of at least 4 members (excludes halogenated alkanes) is 8. The van der Waals surface area contributed by atoms with Crippen LogP contribution < -0.4 is 0 Å². The Morgan fingerprint density at radius 2 is 1.38 bits per heavy atom. The van der Waals surface area contributed by atoms with Crippen molar-refractivity contribution in [3.63, 3.8) is 0 Å². The number of phosphoric ester groups is 1. The van der Waals surface area contributed by atoms with Crippen LogP contribution in [0.25, 0.3) is 0 Å². The second-order valence-electron chi connectivity index (χ2n) is 5.46. The zero-order chi connectivity index (χ0) is 16.1. The lowest BCUT2D eigenvalue weighted by molar-refractivity contribution is -0.115. The van der Waals surface area contributed by atoms with Gasteiger partial charge in [-0.1, -0.05) is 51.5 Å². The lowest BCUT2D eigenvalue weighted by Crippen LogP contribution is -1.97. The third-order valence-corrected chi connectivity index (χ3v) is 3.80. The molecule has 0 atom stereocenters. The molecule has 0 spiro atoms. The Bertz CT molecular complexity index is 348. The van der Waals surface area contributed by atoms with Gasteiger partial charge in [0.2, 0.25) is 0 Å². The van der Waals surface area contributed by atoms with Gasteiger partial charge in [0.25, 0.3) is 0 Å². The van der Waals surface area contributed by atoms with E-state index in [2.05, 4.69) is 11.1 Å². The molecule has 0 aromatic rings. The topological polar surface area (TPSA) is 83.8 Å². The fourth-order valence-electron chi connectivity index (χ4n) is 2.02. The van der Waals surface area contributed by atoms with Crippen molar-refractivity contribution < 1.29 is 23.7 Å². The average Bonchev–Trinajstić information content (AvgIpc) is 2.38. The van der Waals surface area contributed by atoms with E-state index in [0.29, 0.717) is 18.4 Å². The Hall–Kier alpha value is -0.480. The Balaban J connectivity index is 3.18. The molecule has 0 saturated carbocycles. The van der Waals surface area contributed by atoms with Crippen LogP contribution in [0.15, 0.2) is 12.2 Å². The molecule has 6 heteroatoms. The van der Waals surface area contributed by atoms with Crippen molar-refractivity contribution in [1.29, 1.82) is 0 Å². The molecule has 0 unspecified atom stereocenters. The second kappa shape index (κ2) is 12.1. The molecule has 124 valence electrons. The molecule has 0 amide bonds. The van der Waals surface area contributed by atoms with Gasteiger partial charge in [-0.15, -0.1) is 0 Å². The van der Waals surface area contributed by atoms with Crippen LogP contribution in [0.5, 0.6) is 0 Å². The molecule has 0 aliphatic carbocycles. The van der Waals surface area contributed by atoms with E-state index in [1.54, 1.807) is 6.92 Å². The molecule has 0 rings (SSSR count). The van der Waals surface area contributed by atoms with Gasteiger partial charge in [-0.3, -0.25) is 9.32 Å². The maximum atomic E-state index is 11.3. The van der Waals surface area contributed by atoms with Gasteiger partial charge in [0, 0.05) is 6.42 Å². The number of hydrogen-bond donors (Lipinski definition) is 2. The molecule has 21 heavy (non-hydrogen) atoms. The summed E-state index contributed by atoms with van der Waals surface area (Å²) in [4.78, 5) is 28.3. The van der Waals surface area contributed by atoms with Crippen LogP contribution in [-0.4, -0.2) is 22.2 Å². The number of rotatable bonds is 14. The first-order valence-corrected chi connectivity index (χ1v) is 9.25. The van der Waals surface area contributed by atoms with E-state index in [-0.39, 0.29) is 12.4 Å². The van der Waals surface area contributed by atoms with Gasteiger partial charge in [-0.05, 0) is 25.3 Å². The first-order valence-electron chi connectivity index (χ1n) is 7.72. The highest BCUT2D eigenvalue weighted by Crippen LogP contribution is 2.35. The van der Waals surface area contributed by atoms with Crippen LogP contribution in [0.2, 0.25) is 0 Å². The zero-order valence-electron chi connectivity index (χ0n) is 13.1. The normalized spacial score (nSPS) is 11.6. The van der Waals surface area contributed by atoms with E-state index in [0.717, 1.165) is 38.5 Å². The fraction of sp³-hybridized carbons (Fsp3) is 0.800. The maximum absolute atomic E-state index is 11.3. The molecule has 5 nitrogen and oxygen atoms in total. The predicted molar refractivity (Wildman–Crippen MR) is 84.0 cm³/mol. The number of allylic oxidation sites excluding steroid dienone is 1. The van der Waals surface area contributed by atoms with Gasteiger partial charge in [-0.2, -0.15) is 0 Å². The van der Waals surface area contributed by atoms with Gasteiger partial charge in [0.1, 0.15) is 0 Å². The minimum Gasteiger partial charge on any atom is -0.303 e. The maximum Gasteiger partial charge on any atom is 0.469 e. The number of phosphoric acid groups is 1. The lowest BCUT2D eigenvalue weighted by Gasteiger charge is -2.05. The molecule has 0 radical (unpaired) electrons. The van der Waals surface area contributed by atoms with E-state index in [1.165, 1.54) is 12.8 Å². The van der Waals surface area contributed by atoms with Crippen molar-refractivity contribution in [2.45, 2.75) is 71.1 Å². The molecular formula is C15H29O5P. The number of carbonyl (C=O) groups is 1. The van der Waals surface area contributed by atoms with Crippen LogP contribution >= 0.6 is 7.82 Å². The number of Topliss-reactive ketones (excluding diaryl/α,β-unsaturated/α-hetero) is 1. The molecule has 0 aromatic carbocycles. The summed E-state index contributed by atoms with van der Waals surface area (Å²) in [5.74, 6) is 0.174. The zero-order valence-corrected chi connectivity index (χ0v) is 13.9. The Morgan fingerprint density at radius 1 is 0.952 bits per heavy atom. The Kier molecular flexibility index (Phi) is 11.8. The number of ketones is 1. The molecule has 0 aromatic heterocycles. The van der Waals surface area contributed by atoms with E-state index in [9.17, 15) is 9.36 Å². The Labute approximate surface area is 128 Å². The highest BCUT2D eigenvalue weighted by Gasteiger charge is 2.12. The standard InChI is InChI=1S/C15H29O5P/c1-14(2)15(16)12-10-8-6-4-3-5-7-9-11-13-20-21(17,18)19/h1,3-13H2,2H3,(H2,17,18,19). The minimum absolute atomic E-state index is 0.126. The third-order valence-electron chi connectivity index (χ3n) is 3.28. The van der Waals surface area contributed by atoms with Gasteiger partial charge >= 0.3 is 7.82 Å². The first-order chi connectivity index (χ1) is 9.83. The molecular weight excluding hydrogens is 291 g/mol. The molecule has 0 fully saturated rings. The monoisotopic (exact) mass is 320 g/mol. The highest BCUT2D eigenvalue weighted by atomic mass is 31.2. The fourth-order valence-corrected chi connectivity index (χ4v) is 2.39. The Morgan fingerprint density at radius 3 is 1.81 bits per heavy atom. The summed E-state index contributed by atoms with van der Waals surface area (Å²) in [6, 6.07) is 0. The van der Waals surface area contributed by atoms with Crippen LogP contribution in [0.3, 0.4) is 0 Å². The highest BCUT2D eigenvalue weighted by molar-refractivity contribution is 7.46. The largest absolute Gasteiger partial charge is 0.469 e. The summed E-state index contributed by atoms with van der Waals surface area (Å²) in [5, 5.41) is 0. The second-order valence-corrected chi connectivity index (χ2v) is 6.70. The lowest BCUT2D eigenvalue weighted by atomic mass is 10.0. The van der Waals surface area contributed by atoms with E-state index in [1.807, 2.05) is 0 Å². The van der Waals surface area contributed by atoms with Crippen LogP contribution in [-0.2, 0) is 13.9 Å². The van der Waals surface area contributed by atoms with Crippen molar-refractivity contribution in [3.05, 3.63) is 12.2 Å². The van der Waals surface area contributed by atoms with Crippen LogP contribution in [0.4, 0.5) is 0 Å². The van der Waals surface area contributed by atoms with Crippen molar-refractivity contribution in [3.8, 4) is 0 Å². The molecule has 0 aliphatic heterocycles. The summed E-state index contributed by atoms with van der Waals surface area (Å²) in [6.07, 6.45) is 10.0. The molecule has 0 aliphatic rings. The number of hydrogen-bond acceptors (Lipinski definition) is 3. The van der Waals surface area contributed by atoms with Crippen molar-refractivity contribution in [2.75, 3.05) is 6.61 Å². The summed E-state index contributed by atoms with van der Waals surface area (Å²) < 4.78 is 14.8. The summed E-state index contributed by atoms with van der Waals surface area (Å²) in [7, 11) is -4.29. The summed E-state index contributed by atoms with van der Waals surface area (Å²) in [6.45, 7) is 5.52. The van der Waals surface area contributed by atoms with Gasteiger partial charge < -0.3 is 9.79 Å². The molecule has 2 N–H and O–H groups in total. The quantitative estimate of drug-likeness (QED) is 0.285. The van der Waals surface area contributed by atoms with Crippen molar-refractivity contribution in [2.24, 2.45) is 0 Å². The van der Waals surface area contributed by atoms with Crippen molar-refractivity contribution in [1.82, 2.24) is 0 Å². The van der Waals surface area contributed by atoms with E-state index >= 15 is 0 Å². The summed E-state index contributed by atoms with van der Waals surface area (Å²) in [5.41, 5.74) is 0.651. The van der Waals surface area contributed by atoms with Gasteiger partial charge in [0.05, 0.1) is 6.61 Å². The minimum atomic E-state index is -4.29. The molecule has 0 saturated heterocycles. The average molecular weight is 320 g/mol. The van der Waals surface area contributed by atoms with Crippen molar-refractivity contribution >= 4 is 13.6 Å². The van der Waals surface area contributed by atoms with Crippen LogP contribution in [0.1, 0.15) is 71.1 Å². The predicted octanol–water partition coefficient (Wildman–Crippen LogP) is 4.14. The summed E-state index contributed by atoms with van der Waals surface area (Å²) >= 11 is 0. The first kappa shape index (κ1) is 20.5. The van der Waals surface area contributed by atoms with E-state index in [4.69, 9.17) is 9.79 Å². The SMILES string of the molecule is C=C(C)C(=O)CCCCCCCCCCCOP(=O)(O)O.